The largest absolute Gasteiger partial charge is 0.353 e. The monoisotopic (exact) mass is 316 g/mol. The minimum absolute atomic E-state index is 0. The summed E-state index contributed by atoms with van der Waals surface area (Å²) < 4.78 is 0. The van der Waals surface area contributed by atoms with Gasteiger partial charge in [-0.15, -0.1) is 12.4 Å². The van der Waals surface area contributed by atoms with Crippen LogP contribution in [0.25, 0.3) is 0 Å². The van der Waals surface area contributed by atoms with Crippen molar-refractivity contribution in [3.63, 3.8) is 0 Å². The van der Waals surface area contributed by atoms with E-state index in [9.17, 15) is 4.79 Å². The summed E-state index contributed by atoms with van der Waals surface area (Å²) in [5.41, 5.74) is 0.458. The molecule has 0 radical (unpaired) electrons. The van der Waals surface area contributed by atoms with Crippen LogP contribution in [-0.4, -0.2) is 25.0 Å². The van der Waals surface area contributed by atoms with Crippen LogP contribution in [-0.2, 0) is 4.79 Å². The Balaban J connectivity index is 0.00000220. The summed E-state index contributed by atoms with van der Waals surface area (Å²) in [6.45, 7) is 11.2. The van der Waals surface area contributed by atoms with Crippen LogP contribution in [0.4, 0.5) is 0 Å². The first-order chi connectivity index (χ1) is 9.44. The first-order valence-electron chi connectivity index (χ1n) is 8.45. The molecule has 0 bridgehead atoms. The van der Waals surface area contributed by atoms with E-state index in [0.29, 0.717) is 17.4 Å². The summed E-state index contributed by atoms with van der Waals surface area (Å²) in [5, 5.41) is 6.54. The zero-order chi connectivity index (χ0) is 14.8. The second kappa shape index (κ2) is 7.82. The molecule has 21 heavy (non-hydrogen) atoms. The Hall–Kier alpha value is -0.280. The standard InChI is InChI=1S/C17H32N2O.ClH/c1-5-17(3,4)14-6-8-15(9-7-14)19-16(20)12(2)13-10-18-11-13;/h12-15,18H,5-11H2,1-4H3,(H,19,20);1H. The molecule has 1 aliphatic carbocycles. The molecule has 1 aliphatic heterocycles. The molecule has 0 aromatic heterocycles. The maximum atomic E-state index is 12.2. The second-order valence-corrected chi connectivity index (χ2v) is 7.61. The predicted octanol–water partition coefficient (Wildman–Crippen LogP) is 3.37. The average molecular weight is 317 g/mol. The van der Waals surface area contributed by atoms with E-state index in [4.69, 9.17) is 0 Å². The fourth-order valence-electron chi connectivity index (χ4n) is 3.52. The average Bonchev–Trinajstić information content (AvgIpc) is 2.37. The third-order valence-corrected chi connectivity index (χ3v) is 6.02. The van der Waals surface area contributed by atoms with E-state index in [2.05, 4.69) is 38.3 Å². The van der Waals surface area contributed by atoms with E-state index < -0.39 is 0 Å². The number of hydrogen-bond acceptors (Lipinski definition) is 2. The van der Waals surface area contributed by atoms with Crippen molar-refractivity contribution in [2.45, 2.75) is 65.8 Å². The molecule has 1 heterocycles. The van der Waals surface area contributed by atoms with Gasteiger partial charge in [0.2, 0.25) is 5.91 Å². The van der Waals surface area contributed by atoms with Crippen LogP contribution in [0.2, 0.25) is 0 Å². The number of hydrogen-bond donors (Lipinski definition) is 2. The molecule has 0 spiro atoms. The summed E-state index contributed by atoms with van der Waals surface area (Å²) in [4.78, 5) is 12.2. The van der Waals surface area contributed by atoms with Gasteiger partial charge < -0.3 is 10.6 Å². The van der Waals surface area contributed by atoms with Gasteiger partial charge in [0.05, 0.1) is 0 Å². The Morgan fingerprint density at radius 1 is 1.24 bits per heavy atom. The molecule has 1 saturated heterocycles. The van der Waals surface area contributed by atoms with E-state index in [-0.39, 0.29) is 24.2 Å². The smallest absolute Gasteiger partial charge is 0.223 e. The van der Waals surface area contributed by atoms with Gasteiger partial charge in [-0.2, -0.15) is 0 Å². The maximum absolute atomic E-state index is 12.2. The Morgan fingerprint density at radius 2 is 1.81 bits per heavy atom. The first kappa shape index (κ1) is 18.8. The highest BCUT2D eigenvalue weighted by Gasteiger charge is 2.34. The van der Waals surface area contributed by atoms with Crippen LogP contribution in [0.1, 0.15) is 59.8 Å². The lowest BCUT2D eigenvalue weighted by atomic mass is 9.69. The highest BCUT2D eigenvalue weighted by molar-refractivity contribution is 5.85. The molecule has 124 valence electrons. The van der Waals surface area contributed by atoms with Crippen LogP contribution < -0.4 is 10.6 Å². The Bertz CT molecular complexity index is 334. The lowest BCUT2D eigenvalue weighted by Gasteiger charge is -2.39. The molecule has 4 heteroatoms. The van der Waals surface area contributed by atoms with Gasteiger partial charge in [-0.3, -0.25) is 4.79 Å². The van der Waals surface area contributed by atoms with Gasteiger partial charge >= 0.3 is 0 Å². The molecule has 2 aliphatic rings. The summed E-state index contributed by atoms with van der Waals surface area (Å²) in [6.07, 6.45) is 6.11. The second-order valence-electron chi connectivity index (χ2n) is 7.61. The fraction of sp³-hybridized carbons (Fsp3) is 0.941. The topological polar surface area (TPSA) is 41.1 Å². The quantitative estimate of drug-likeness (QED) is 0.816. The highest BCUT2D eigenvalue weighted by atomic mass is 35.5. The van der Waals surface area contributed by atoms with Crippen LogP contribution in [0.5, 0.6) is 0 Å². The van der Waals surface area contributed by atoms with E-state index >= 15 is 0 Å². The van der Waals surface area contributed by atoms with Gasteiger partial charge in [-0.25, -0.2) is 0 Å². The SMILES string of the molecule is CCC(C)(C)C1CCC(NC(=O)C(C)C2CNC2)CC1.Cl. The Labute approximate surface area is 136 Å². The highest BCUT2D eigenvalue weighted by Crippen LogP contribution is 2.40. The molecule has 2 fully saturated rings. The zero-order valence-electron chi connectivity index (χ0n) is 14.1. The minimum atomic E-state index is 0. The fourth-order valence-corrected chi connectivity index (χ4v) is 3.52. The van der Waals surface area contributed by atoms with Gasteiger partial charge in [0, 0.05) is 12.0 Å². The normalized spacial score (nSPS) is 28.2. The number of amides is 1. The molecular formula is C17H33ClN2O. The molecule has 1 atom stereocenters. The molecular weight excluding hydrogens is 284 g/mol. The van der Waals surface area contributed by atoms with E-state index in [0.717, 1.165) is 31.8 Å². The van der Waals surface area contributed by atoms with E-state index in [1.807, 2.05) is 0 Å². The summed E-state index contributed by atoms with van der Waals surface area (Å²) in [7, 11) is 0. The Morgan fingerprint density at radius 3 is 2.24 bits per heavy atom. The van der Waals surface area contributed by atoms with Gasteiger partial charge in [-0.05, 0) is 56.0 Å². The van der Waals surface area contributed by atoms with Crippen molar-refractivity contribution < 1.29 is 4.79 Å². The van der Waals surface area contributed by atoms with Crippen LogP contribution in [0.3, 0.4) is 0 Å². The molecule has 1 unspecified atom stereocenters. The molecule has 1 saturated carbocycles. The minimum Gasteiger partial charge on any atom is -0.353 e. The zero-order valence-corrected chi connectivity index (χ0v) is 14.9. The van der Waals surface area contributed by atoms with Crippen LogP contribution >= 0.6 is 12.4 Å². The lowest BCUT2D eigenvalue weighted by molar-refractivity contribution is -0.127. The molecule has 2 rings (SSSR count). The molecule has 1 amide bonds. The molecule has 3 nitrogen and oxygen atoms in total. The molecule has 0 aromatic carbocycles. The van der Waals surface area contributed by atoms with Gasteiger partial charge in [0.25, 0.3) is 0 Å². The van der Waals surface area contributed by atoms with E-state index in [1.54, 1.807) is 0 Å². The third-order valence-electron chi connectivity index (χ3n) is 6.02. The van der Waals surface area contributed by atoms with Crippen molar-refractivity contribution in [1.82, 2.24) is 10.6 Å². The van der Waals surface area contributed by atoms with E-state index in [1.165, 1.54) is 19.3 Å². The maximum Gasteiger partial charge on any atom is 0.223 e. The molecule has 0 aromatic rings. The van der Waals surface area contributed by atoms with Gasteiger partial charge in [-0.1, -0.05) is 34.1 Å². The van der Waals surface area contributed by atoms with Crippen molar-refractivity contribution in [3.05, 3.63) is 0 Å². The molecule has 2 N–H and O–H groups in total. The van der Waals surface area contributed by atoms with Crippen molar-refractivity contribution in [3.8, 4) is 0 Å². The van der Waals surface area contributed by atoms with Crippen molar-refractivity contribution >= 4 is 18.3 Å². The van der Waals surface area contributed by atoms with Crippen LogP contribution in [0, 0.1) is 23.2 Å². The predicted molar refractivity (Wildman–Crippen MR) is 90.7 cm³/mol. The summed E-state index contributed by atoms with van der Waals surface area (Å²) in [6, 6.07) is 0.418. The lowest BCUT2D eigenvalue weighted by Crippen LogP contribution is -2.51. The number of halogens is 1. The number of carbonyl (C=O) groups excluding carboxylic acids is 1. The number of carbonyl (C=O) groups is 1. The van der Waals surface area contributed by atoms with Gasteiger partial charge in [0.1, 0.15) is 0 Å². The third kappa shape index (κ3) is 4.59. The summed E-state index contributed by atoms with van der Waals surface area (Å²) in [5.74, 6) is 1.81. The summed E-state index contributed by atoms with van der Waals surface area (Å²) >= 11 is 0. The van der Waals surface area contributed by atoms with Gasteiger partial charge in [0.15, 0.2) is 0 Å². The van der Waals surface area contributed by atoms with Crippen molar-refractivity contribution in [1.29, 1.82) is 0 Å². The van der Waals surface area contributed by atoms with Crippen molar-refractivity contribution in [2.75, 3.05) is 13.1 Å². The Kier molecular flexibility index (Phi) is 6.99. The number of rotatable bonds is 5. The number of nitrogens with one attached hydrogen (secondary N) is 2. The van der Waals surface area contributed by atoms with Crippen LogP contribution in [0.15, 0.2) is 0 Å². The first-order valence-corrected chi connectivity index (χ1v) is 8.45. The van der Waals surface area contributed by atoms with Crippen molar-refractivity contribution in [2.24, 2.45) is 23.2 Å².